The maximum atomic E-state index is 3.54. The fourth-order valence-electron chi connectivity index (χ4n) is 2.76. The smallest absolute Gasteiger partial charge is 0.0233 e. The molecule has 0 radical (unpaired) electrons. The maximum absolute atomic E-state index is 3.54. The van der Waals surface area contributed by atoms with Gasteiger partial charge in [-0.3, -0.25) is 4.90 Å². The lowest BCUT2D eigenvalue weighted by molar-refractivity contribution is 0.296. The van der Waals surface area contributed by atoms with Gasteiger partial charge in [-0.2, -0.15) is 0 Å². The SMILES string of the molecule is CCN(CC)Cc1ccc(CNCCCc2ccccc2)cc1. The highest BCUT2D eigenvalue weighted by Crippen LogP contribution is 2.08. The molecule has 124 valence electrons. The van der Waals surface area contributed by atoms with Gasteiger partial charge in [0.15, 0.2) is 0 Å². The predicted molar refractivity (Wildman–Crippen MR) is 99.5 cm³/mol. The summed E-state index contributed by atoms with van der Waals surface area (Å²) in [5, 5.41) is 3.54. The highest BCUT2D eigenvalue weighted by atomic mass is 15.1. The fraction of sp³-hybridized carbons (Fsp3) is 0.429. The number of nitrogens with one attached hydrogen (secondary N) is 1. The molecule has 0 amide bonds. The molecule has 23 heavy (non-hydrogen) atoms. The second-order valence-corrected chi connectivity index (χ2v) is 6.04. The van der Waals surface area contributed by atoms with Gasteiger partial charge in [-0.25, -0.2) is 0 Å². The van der Waals surface area contributed by atoms with Crippen molar-refractivity contribution in [2.75, 3.05) is 19.6 Å². The van der Waals surface area contributed by atoms with E-state index in [1.807, 2.05) is 0 Å². The maximum Gasteiger partial charge on any atom is 0.0233 e. The van der Waals surface area contributed by atoms with E-state index in [9.17, 15) is 0 Å². The van der Waals surface area contributed by atoms with E-state index in [-0.39, 0.29) is 0 Å². The Hall–Kier alpha value is -1.64. The molecule has 0 unspecified atom stereocenters. The highest BCUT2D eigenvalue weighted by Gasteiger charge is 2.01. The summed E-state index contributed by atoms with van der Waals surface area (Å²) in [6.45, 7) is 9.74. The summed E-state index contributed by atoms with van der Waals surface area (Å²) < 4.78 is 0. The number of nitrogens with zero attached hydrogens (tertiary/aromatic N) is 1. The molecule has 0 spiro atoms. The molecule has 2 nitrogen and oxygen atoms in total. The van der Waals surface area contributed by atoms with E-state index in [0.717, 1.165) is 39.1 Å². The van der Waals surface area contributed by atoms with Gasteiger partial charge < -0.3 is 5.32 Å². The van der Waals surface area contributed by atoms with E-state index < -0.39 is 0 Å². The summed E-state index contributed by atoms with van der Waals surface area (Å²) in [5.74, 6) is 0. The Kier molecular flexibility index (Phi) is 7.85. The molecule has 0 atom stereocenters. The van der Waals surface area contributed by atoms with Gasteiger partial charge in [0, 0.05) is 13.1 Å². The van der Waals surface area contributed by atoms with Crippen LogP contribution in [0, 0.1) is 0 Å². The minimum Gasteiger partial charge on any atom is -0.313 e. The van der Waals surface area contributed by atoms with Crippen molar-refractivity contribution in [2.24, 2.45) is 0 Å². The highest BCUT2D eigenvalue weighted by molar-refractivity contribution is 5.22. The van der Waals surface area contributed by atoms with Crippen LogP contribution in [0.15, 0.2) is 54.6 Å². The van der Waals surface area contributed by atoms with Gasteiger partial charge in [-0.05, 0) is 49.2 Å². The van der Waals surface area contributed by atoms with Gasteiger partial charge in [0.2, 0.25) is 0 Å². The van der Waals surface area contributed by atoms with Crippen molar-refractivity contribution in [3.05, 3.63) is 71.3 Å². The summed E-state index contributed by atoms with van der Waals surface area (Å²) >= 11 is 0. The van der Waals surface area contributed by atoms with Gasteiger partial charge in [-0.1, -0.05) is 68.4 Å². The molecule has 0 aliphatic rings. The first kappa shape index (κ1) is 17.7. The minimum atomic E-state index is 0.959. The zero-order valence-corrected chi connectivity index (χ0v) is 14.6. The number of hydrogen-bond acceptors (Lipinski definition) is 2. The molecule has 0 heterocycles. The number of hydrogen-bond donors (Lipinski definition) is 1. The number of aryl methyl sites for hydroxylation is 1. The average molecular weight is 310 g/mol. The molecule has 0 bridgehead atoms. The molecule has 0 saturated heterocycles. The van der Waals surface area contributed by atoms with Crippen LogP contribution in [0.2, 0.25) is 0 Å². The summed E-state index contributed by atoms with van der Waals surface area (Å²) in [6, 6.07) is 19.7. The Morgan fingerprint density at radius 3 is 2.09 bits per heavy atom. The van der Waals surface area contributed by atoms with Crippen LogP contribution in [0.25, 0.3) is 0 Å². The lowest BCUT2D eigenvalue weighted by atomic mass is 10.1. The fourth-order valence-corrected chi connectivity index (χ4v) is 2.76. The topological polar surface area (TPSA) is 15.3 Å². The lowest BCUT2D eigenvalue weighted by Gasteiger charge is -2.18. The van der Waals surface area contributed by atoms with Crippen molar-refractivity contribution >= 4 is 0 Å². The molecule has 1 N–H and O–H groups in total. The predicted octanol–water partition coefficient (Wildman–Crippen LogP) is 4.25. The van der Waals surface area contributed by atoms with Crippen LogP contribution in [0.5, 0.6) is 0 Å². The van der Waals surface area contributed by atoms with Crippen LogP contribution >= 0.6 is 0 Å². The van der Waals surface area contributed by atoms with Crippen molar-refractivity contribution in [2.45, 2.75) is 39.8 Å². The zero-order chi connectivity index (χ0) is 16.3. The van der Waals surface area contributed by atoms with E-state index in [0.29, 0.717) is 0 Å². The minimum absolute atomic E-state index is 0.959. The molecular weight excluding hydrogens is 280 g/mol. The molecule has 2 rings (SSSR count). The van der Waals surface area contributed by atoms with Gasteiger partial charge >= 0.3 is 0 Å². The van der Waals surface area contributed by atoms with Gasteiger partial charge in [0.25, 0.3) is 0 Å². The van der Waals surface area contributed by atoms with Crippen LogP contribution in [-0.4, -0.2) is 24.5 Å². The Labute approximate surface area is 141 Å². The first-order chi connectivity index (χ1) is 11.3. The Morgan fingerprint density at radius 2 is 1.43 bits per heavy atom. The summed E-state index contributed by atoms with van der Waals surface area (Å²) in [4.78, 5) is 2.44. The van der Waals surface area contributed by atoms with Crippen molar-refractivity contribution in [3.8, 4) is 0 Å². The molecule has 2 aromatic rings. The van der Waals surface area contributed by atoms with Gasteiger partial charge in [0.1, 0.15) is 0 Å². The zero-order valence-electron chi connectivity index (χ0n) is 14.6. The quantitative estimate of drug-likeness (QED) is 0.660. The van der Waals surface area contributed by atoms with Crippen molar-refractivity contribution in [3.63, 3.8) is 0 Å². The first-order valence-corrected chi connectivity index (χ1v) is 8.86. The van der Waals surface area contributed by atoms with E-state index in [2.05, 4.69) is 78.7 Å². The van der Waals surface area contributed by atoms with Gasteiger partial charge in [-0.15, -0.1) is 0 Å². The number of rotatable bonds is 10. The first-order valence-electron chi connectivity index (χ1n) is 8.86. The monoisotopic (exact) mass is 310 g/mol. The Balaban J connectivity index is 1.66. The molecule has 2 heteroatoms. The molecule has 0 saturated carbocycles. The second-order valence-electron chi connectivity index (χ2n) is 6.04. The van der Waals surface area contributed by atoms with E-state index in [1.165, 1.54) is 23.1 Å². The summed E-state index contributed by atoms with van der Waals surface area (Å²) in [6.07, 6.45) is 2.33. The van der Waals surface area contributed by atoms with Crippen molar-refractivity contribution in [1.29, 1.82) is 0 Å². The third-order valence-electron chi connectivity index (χ3n) is 4.31. The van der Waals surface area contributed by atoms with Crippen molar-refractivity contribution < 1.29 is 0 Å². The standard InChI is InChI=1S/C21H30N2/c1-3-23(4-2)18-21-14-12-20(13-15-21)17-22-16-8-11-19-9-6-5-7-10-19/h5-7,9-10,12-15,22H,3-4,8,11,16-18H2,1-2H3. The Bertz CT molecular complexity index is 530. The molecule has 0 aliphatic heterocycles. The third kappa shape index (κ3) is 6.55. The van der Waals surface area contributed by atoms with Gasteiger partial charge in [0.05, 0.1) is 0 Å². The van der Waals surface area contributed by atoms with E-state index >= 15 is 0 Å². The van der Waals surface area contributed by atoms with Crippen LogP contribution < -0.4 is 5.32 Å². The summed E-state index contributed by atoms with van der Waals surface area (Å²) in [7, 11) is 0. The normalized spacial score (nSPS) is 11.1. The number of benzene rings is 2. The Morgan fingerprint density at radius 1 is 0.783 bits per heavy atom. The molecular formula is C21H30N2. The molecule has 0 aromatic heterocycles. The van der Waals surface area contributed by atoms with Crippen molar-refractivity contribution in [1.82, 2.24) is 10.2 Å². The van der Waals surface area contributed by atoms with Crippen LogP contribution in [0.1, 0.15) is 37.0 Å². The molecule has 0 fully saturated rings. The summed E-state index contributed by atoms with van der Waals surface area (Å²) in [5.41, 5.74) is 4.20. The second kappa shape index (κ2) is 10.2. The average Bonchev–Trinajstić information content (AvgIpc) is 2.61. The lowest BCUT2D eigenvalue weighted by Crippen LogP contribution is -2.22. The molecule has 0 aliphatic carbocycles. The van der Waals surface area contributed by atoms with Crippen LogP contribution in [0.4, 0.5) is 0 Å². The third-order valence-corrected chi connectivity index (χ3v) is 4.31. The van der Waals surface area contributed by atoms with Crippen LogP contribution in [0.3, 0.4) is 0 Å². The van der Waals surface area contributed by atoms with E-state index in [1.54, 1.807) is 0 Å². The van der Waals surface area contributed by atoms with E-state index in [4.69, 9.17) is 0 Å². The van der Waals surface area contributed by atoms with Crippen LogP contribution in [-0.2, 0) is 19.5 Å². The molecule has 2 aromatic carbocycles. The largest absolute Gasteiger partial charge is 0.313 e.